The molecule has 1 aromatic heterocycles. The fourth-order valence-corrected chi connectivity index (χ4v) is 3.15. The Kier molecular flexibility index (Phi) is 8.21. The van der Waals surface area contributed by atoms with Gasteiger partial charge in [-0.25, -0.2) is 13.8 Å². The lowest BCUT2D eigenvalue weighted by atomic mass is 10.2. The van der Waals surface area contributed by atoms with Gasteiger partial charge in [0.05, 0.1) is 4.47 Å². The van der Waals surface area contributed by atoms with Crippen molar-refractivity contribution in [2.75, 3.05) is 25.0 Å². The van der Waals surface area contributed by atoms with E-state index in [-0.39, 0.29) is 41.7 Å². The highest BCUT2D eigenvalue weighted by Gasteiger charge is 2.25. The van der Waals surface area contributed by atoms with Gasteiger partial charge in [0, 0.05) is 38.9 Å². The summed E-state index contributed by atoms with van der Waals surface area (Å²) in [6.07, 6.45) is 2.45. The summed E-state index contributed by atoms with van der Waals surface area (Å²) in [6.45, 7) is 1.82. The van der Waals surface area contributed by atoms with Gasteiger partial charge in [0.25, 0.3) is 0 Å². The van der Waals surface area contributed by atoms with Crippen LogP contribution in [0.1, 0.15) is 12.0 Å². The molecule has 0 radical (unpaired) electrons. The second-order valence-electron chi connectivity index (χ2n) is 6.06. The lowest BCUT2D eigenvalue weighted by Crippen LogP contribution is -2.44. The molecule has 0 amide bonds. The first-order chi connectivity index (χ1) is 12.6. The number of nitrogens with zero attached hydrogens (tertiary/aromatic N) is 3. The summed E-state index contributed by atoms with van der Waals surface area (Å²) in [5.41, 5.74) is 0.817. The van der Waals surface area contributed by atoms with Crippen molar-refractivity contribution in [1.82, 2.24) is 15.6 Å². The quantitative estimate of drug-likeness (QED) is 0.346. The maximum Gasteiger partial charge on any atom is 0.191 e. The molecular weight excluding hydrogens is 531 g/mol. The standard InChI is InChI=1S/C18H20BrF2N5.HI/c1-22-18(24-10-12-4-5-14(19)16(21)9-12)25-13-6-8-26(11-13)17-15(20)3-2-7-23-17;/h2-5,7,9,13H,6,8,10-11H2,1H3,(H2,22,24,25);1H. The average molecular weight is 552 g/mol. The Morgan fingerprint density at radius 2 is 2.15 bits per heavy atom. The molecule has 2 N–H and O–H groups in total. The first-order valence-electron chi connectivity index (χ1n) is 8.33. The second-order valence-corrected chi connectivity index (χ2v) is 6.91. The number of hydrogen-bond acceptors (Lipinski definition) is 3. The second kappa shape index (κ2) is 10.2. The van der Waals surface area contributed by atoms with E-state index in [1.807, 2.05) is 11.0 Å². The molecule has 3 rings (SSSR count). The molecular formula is C18H21BrF2IN5. The van der Waals surface area contributed by atoms with E-state index in [9.17, 15) is 8.78 Å². The van der Waals surface area contributed by atoms with Gasteiger partial charge in [0.2, 0.25) is 0 Å². The summed E-state index contributed by atoms with van der Waals surface area (Å²) in [7, 11) is 1.68. The summed E-state index contributed by atoms with van der Waals surface area (Å²) in [4.78, 5) is 10.2. The van der Waals surface area contributed by atoms with Crippen molar-refractivity contribution in [3.63, 3.8) is 0 Å². The minimum absolute atomic E-state index is 0. The van der Waals surface area contributed by atoms with Crippen LogP contribution in [0.2, 0.25) is 0 Å². The number of aromatic nitrogens is 1. The molecule has 5 nitrogen and oxygen atoms in total. The normalized spacial score (nSPS) is 16.8. The number of guanidine groups is 1. The molecule has 2 heterocycles. The van der Waals surface area contributed by atoms with Crippen LogP contribution in [-0.2, 0) is 6.54 Å². The van der Waals surface area contributed by atoms with Gasteiger partial charge in [-0.3, -0.25) is 4.99 Å². The van der Waals surface area contributed by atoms with E-state index in [0.29, 0.717) is 29.3 Å². The molecule has 1 aliphatic rings. The van der Waals surface area contributed by atoms with Crippen molar-refractivity contribution in [1.29, 1.82) is 0 Å². The van der Waals surface area contributed by atoms with E-state index in [0.717, 1.165) is 18.5 Å². The van der Waals surface area contributed by atoms with Crippen molar-refractivity contribution in [2.24, 2.45) is 4.99 Å². The van der Waals surface area contributed by atoms with Crippen LogP contribution in [0.15, 0.2) is 46.0 Å². The molecule has 0 spiro atoms. The van der Waals surface area contributed by atoms with Gasteiger partial charge in [-0.1, -0.05) is 6.07 Å². The van der Waals surface area contributed by atoms with Crippen LogP contribution in [-0.4, -0.2) is 37.1 Å². The van der Waals surface area contributed by atoms with Crippen LogP contribution in [0.3, 0.4) is 0 Å². The maximum atomic E-state index is 13.9. The molecule has 2 aromatic rings. The average Bonchev–Trinajstić information content (AvgIpc) is 3.10. The van der Waals surface area contributed by atoms with Crippen LogP contribution < -0.4 is 15.5 Å². The van der Waals surface area contributed by atoms with E-state index in [4.69, 9.17) is 0 Å². The molecule has 1 atom stereocenters. The van der Waals surface area contributed by atoms with Crippen LogP contribution in [0.25, 0.3) is 0 Å². The van der Waals surface area contributed by atoms with Gasteiger partial charge in [0.1, 0.15) is 5.82 Å². The van der Waals surface area contributed by atoms with Crippen LogP contribution in [0.4, 0.5) is 14.6 Å². The lowest BCUT2D eigenvalue weighted by Gasteiger charge is -2.20. The van der Waals surface area contributed by atoms with Crippen LogP contribution >= 0.6 is 39.9 Å². The smallest absolute Gasteiger partial charge is 0.191 e. The Hall–Kier alpha value is -1.49. The van der Waals surface area contributed by atoms with Gasteiger partial charge in [-0.15, -0.1) is 24.0 Å². The molecule has 1 aliphatic heterocycles. The van der Waals surface area contributed by atoms with E-state index in [1.165, 1.54) is 12.1 Å². The number of anilines is 1. The predicted molar refractivity (Wildman–Crippen MR) is 118 cm³/mol. The fourth-order valence-electron chi connectivity index (χ4n) is 2.90. The first-order valence-corrected chi connectivity index (χ1v) is 9.12. The summed E-state index contributed by atoms with van der Waals surface area (Å²) < 4.78 is 27.9. The molecule has 27 heavy (non-hydrogen) atoms. The number of nitrogens with one attached hydrogen (secondary N) is 2. The lowest BCUT2D eigenvalue weighted by molar-refractivity contribution is 0.611. The monoisotopic (exact) mass is 551 g/mol. The Balaban J connectivity index is 0.00000261. The molecule has 1 fully saturated rings. The van der Waals surface area contributed by atoms with E-state index >= 15 is 0 Å². The SMILES string of the molecule is CN=C(NCc1ccc(Br)c(F)c1)NC1CCN(c2ncccc2F)C1.I. The largest absolute Gasteiger partial charge is 0.352 e. The molecule has 1 saturated heterocycles. The summed E-state index contributed by atoms with van der Waals surface area (Å²) in [5, 5.41) is 6.50. The zero-order chi connectivity index (χ0) is 18.5. The molecule has 146 valence electrons. The highest BCUT2D eigenvalue weighted by molar-refractivity contribution is 14.0. The summed E-state index contributed by atoms with van der Waals surface area (Å²) >= 11 is 3.14. The molecule has 0 saturated carbocycles. The number of rotatable bonds is 4. The van der Waals surface area contributed by atoms with Gasteiger partial charge in [0.15, 0.2) is 17.6 Å². The number of aliphatic imine (C=N–C) groups is 1. The van der Waals surface area contributed by atoms with Crippen molar-refractivity contribution < 1.29 is 8.78 Å². The van der Waals surface area contributed by atoms with Crippen molar-refractivity contribution >= 4 is 51.7 Å². The highest BCUT2D eigenvalue weighted by Crippen LogP contribution is 2.21. The minimum atomic E-state index is -0.312. The Labute approximate surface area is 182 Å². The zero-order valence-electron chi connectivity index (χ0n) is 14.8. The van der Waals surface area contributed by atoms with Gasteiger partial charge < -0.3 is 15.5 Å². The maximum absolute atomic E-state index is 13.9. The molecule has 1 unspecified atom stereocenters. The minimum Gasteiger partial charge on any atom is -0.352 e. The summed E-state index contributed by atoms with van der Waals surface area (Å²) in [5.74, 6) is 0.399. The third-order valence-corrected chi connectivity index (χ3v) is 4.88. The van der Waals surface area contributed by atoms with Crippen molar-refractivity contribution in [2.45, 2.75) is 19.0 Å². The first kappa shape index (κ1) is 21.8. The van der Waals surface area contributed by atoms with E-state index in [2.05, 4.69) is 36.5 Å². The van der Waals surface area contributed by atoms with Gasteiger partial charge in [-0.05, 0) is 52.2 Å². The number of hydrogen-bond donors (Lipinski definition) is 2. The molecule has 9 heteroatoms. The number of pyridine rings is 1. The Bertz CT molecular complexity index is 805. The predicted octanol–water partition coefficient (Wildman–Crippen LogP) is 3.68. The Morgan fingerprint density at radius 3 is 2.85 bits per heavy atom. The van der Waals surface area contributed by atoms with Crippen molar-refractivity contribution in [3.05, 3.63) is 58.2 Å². The molecule has 0 aliphatic carbocycles. The number of benzene rings is 1. The summed E-state index contributed by atoms with van der Waals surface area (Å²) in [6, 6.07) is 8.13. The van der Waals surface area contributed by atoms with Crippen molar-refractivity contribution in [3.8, 4) is 0 Å². The molecule has 0 bridgehead atoms. The molecule has 1 aromatic carbocycles. The third kappa shape index (κ3) is 5.74. The van der Waals surface area contributed by atoms with Gasteiger partial charge in [-0.2, -0.15) is 0 Å². The van der Waals surface area contributed by atoms with Crippen LogP contribution in [0.5, 0.6) is 0 Å². The topological polar surface area (TPSA) is 52.6 Å². The highest BCUT2D eigenvalue weighted by atomic mass is 127. The zero-order valence-corrected chi connectivity index (χ0v) is 18.7. The van der Waals surface area contributed by atoms with Crippen LogP contribution in [0, 0.1) is 11.6 Å². The number of halogens is 4. The van der Waals surface area contributed by atoms with E-state index in [1.54, 1.807) is 25.4 Å². The Morgan fingerprint density at radius 1 is 1.33 bits per heavy atom. The third-order valence-electron chi connectivity index (χ3n) is 4.24. The fraction of sp³-hybridized carbons (Fsp3) is 0.333. The van der Waals surface area contributed by atoms with Gasteiger partial charge >= 0.3 is 0 Å². The van der Waals surface area contributed by atoms with E-state index < -0.39 is 0 Å².